The number of fused-ring (bicyclic) bond motifs is 4. The van der Waals surface area contributed by atoms with Gasteiger partial charge in [-0.1, -0.05) is 6.07 Å². The van der Waals surface area contributed by atoms with Crippen LogP contribution < -0.4 is 10.9 Å². The second kappa shape index (κ2) is 6.28. The molecule has 0 saturated carbocycles. The fourth-order valence-electron chi connectivity index (χ4n) is 3.77. The van der Waals surface area contributed by atoms with E-state index in [4.69, 9.17) is 0 Å². The quantitative estimate of drug-likeness (QED) is 0.559. The Morgan fingerprint density at radius 3 is 2.70 bits per heavy atom. The van der Waals surface area contributed by atoms with E-state index in [-0.39, 0.29) is 11.5 Å². The predicted octanol–water partition coefficient (Wildman–Crippen LogP) is 3.66. The molecule has 0 radical (unpaired) electrons. The summed E-state index contributed by atoms with van der Waals surface area (Å²) in [7, 11) is 0. The summed E-state index contributed by atoms with van der Waals surface area (Å²) in [5.74, 6) is -0.218. The number of carbonyl (C=O) groups is 1. The minimum atomic E-state index is -0.218. The molecule has 0 fully saturated rings. The number of hydrogen-bond donors (Lipinski definition) is 2. The van der Waals surface area contributed by atoms with E-state index in [1.54, 1.807) is 18.2 Å². The SMILES string of the molecule is O=C(Nc1ccc2c3c(c(=O)[nH]c2c1)CCCC3)c1ccc2nsnc2c1. The molecule has 0 spiro atoms. The summed E-state index contributed by atoms with van der Waals surface area (Å²) in [4.78, 5) is 27.9. The van der Waals surface area contributed by atoms with Gasteiger partial charge in [0.1, 0.15) is 11.0 Å². The molecule has 5 rings (SSSR count). The zero-order chi connectivity index (χ0) is 18.4. The van der Waals surface area contributed by atoms with Crippen molar-refractivity contribution in [2.24, 2.45) is 0 Å². The Hall–Kier alpha value is -3.06. The topological polar surface area (TPSA) is 87.7 Å². The van der Waals surface area contributed by atoms with Crippen molar-refractivity contribution < 1.29 is 4.79 Å². The van der Waals surface area contributed by atoms with Crippen LogP contribution in [0.5, 0.6) is 0 Å². The zero-order valence-corrected chi connectivity index (χ0v) is 15.2. The van der Waals surface area contributed by atoms with Gasteiger partial charge >= 0.3 is 0 Å². The van der Waals surface area contributed by atoms with Gasteiger partial charge in [-0.25, -0.2) is 0 Å². The third-order valence-electron chi connectivity index (χ3n) is 5.11. The number of carbonyl (C=O) groups excluding carboxylic acids is 1. The van der Waals surface area contributed by atoms with Gasteiger partial charge in [-0.05, 0) is 61.6 Å². The normalized spacial score (nSPS) is 13.6. The van der Waals surface area contributed by atoms with E-state index in [0.717, 1.165) is 65.0 Å². The Labute approximate surface area is 158 Å². The molecule has 1 aliphatic rings. The number of aromatic nitrogens is 3. The fourth-order valence-corrected chi connectivity index (χ4v) is 4.28. The third kappa shape index (κ3) is 2.80. The van der Waals surface area contributed by atoms with Gasteiger partial charge < -0.3 is 10.3 Å². The van der Waals surface area contributed by atoms with Crippen molar-refractivity contribution >= 4 is 45.3 Å². The van der Waals surface area contributed by atoms with Gasteiger partial charge in [0.25, 0.3) is 11.5 Å². The number of benzene rings is 2. The number of amides is 1. The van der Waals surface area contributed by atoms with Crippen LogP contribution in [-0.2, 0) is 12.8 Å². The minimum absolute atomic E-state index is 0.0119. The van der Waals surface area contributed by atoms with Gasteiger partial charge in [0.05, 0.1) is 17.2 Å². The molecule has 0 atom stereocenters. The molecule has 1 amide bonds. The van der Waals surface area contributed by atoms with E-state index in [0.29, 0.717) is 16.8 Å². The molecule has 4 aromatic rings. The highest BCUT2D eigenvalue weighted by Crippen LogP contribution is 2.27. The Kier molecular flexibility index (Phi) is 3.75. The van der Waals surface area contributed by atoms with Crippen LogP contribution in [0.2, 0.25) is 0 Å². The van der Waals surface area contributed by atoms with Gasteiger partial charge in [-0.2, -0.15) is 8.75 Å². The second-order valence-electron chi connectivity index (χ2n) is 6.80. The Bertz CT molecular complexity index is 1260. The molecule has 0 bridgehead atoms. The van der Waals surface area contributed by atoms with Crippen LogP contribution >= 0.6 is 11.7 Å². The molecule has 0 unspecified atom stereocenters. The summed E-state index contributed by atoms with van der Waals surface area (Å²) in [6.07, 6.45) is 3.95. The number of H-pyrrole nitrogens is 1. The number of aromatic amines is 1. The molecule has 2 N–H and O–H groups in total. The average molecular weight is 376 g/mol. The van der Waals surface area contributed by atoms with Crippen molar-refractivity contribution in [3.8, 4) is 0 Å². The Balaban J connectivity index is 1.49. The first-order valence-electron chi connectivity index (χ1n) is 8.90. The van der Waals surface area contributed by atoms with Crippen LogP contribution in [0.4, 0.5) is 5.69 Å². The molecule has 134 valence electrons. The summed E-state index contributed by atoms with van der Waals surface area (Å²) >= 11 is 1.13. The molecular weight excluding hydrogens is 360 g/mol. The zero-order valence-electron chi connectivity index (χ0n) is 14.4. The molecule has 2 heterocycles. The van der Waals surface area contributed by atoms with Crippen molar-refractivity contribution in [1.29, 1.82) is 0 Å². The molecule has 7 heteroatoms. The lowest BCUT2D eigenvalue weighted by Crippen LogP contribution is -2.19. The largest absolute Gasteiger partial charge is 0.322 e. The summed E-state index contributed by atoms with van der Waals surface area (Å²) in [6, 6.07) is 10.9. The van der Waals surface area contributed by atoms with E-state index in [2.05, 4.69) is 19.0 Å². The maximum absolute atomic E-state index is 12.6. The molecule has 6 nitrogen and oxygen atoms in total. The monoisotopic (exact) mass is 376 g/mol. The second-order valence-corrected chi connectivity index (χ2v) is 7.33. The highest BCUT2D eigenvalue weighted by atomic mass is 32.1. The van der Waals surface area contributed by atoms with Crippen molar-refractivity contribution in [1.82, 2.24) is 13.7 Å². The van der Waals surface area contributed by atoms with Crippen LogP contribution in [0.3, 0.4) is 0 Å². The standard InChI is InChI=1S/C20H16N4O2S/c25-19(11-5-8-16-18(9-11)24-27-23-16)21-12-6-7-14-13-3-1-2-4-15(13)20(26)22-17(14)10-12/h5-10H,1-4H2,(H,21,25)(H,22,26). The minimum Gasteiger partial charge on any atom is -0.322 e. The number of nitrogens with zero attached hydrogens (tertiary/aromatic N) is 2. The molecule has 1 aliphatic carbocycles. The molecule has 0 saturated heterocycles. The van der Waals surface area contributed by atoms with E-state index in [9.17, 15) is 9.59 Å². The van der Waals surface area contributed by atoms with Crippen LogP contribution in [0.25, 0.3) is 21.9 Å². The lowest BCUT2D eigenvalue weighted by Gasteiger charge is -2.17. The van der Waals surface area contributed by atoms with Gasteiger partial charge in [-0.15, -0.1) is 0 Å². The average Bonchev–Trinajstić information content (AvgIpc) is 3.16. The first-order chi connectivity index (χ1) is 13.2. The van der Waals surface area contributed by atoms with Crippen LogP contribution in [-0.4, -0.2) is 19.6 Å². The van der Waals surface area contributed by atoms with Gasteiger partial charge in [0.15, 0.2) is 0 Å². The van der Waals surface area contributed by atoms with Crippen LogP contribution in [0, 0.1) is 0 Å². The summed E-state index contributed by atoms with van der Waals surface area (Å²) < 4.78 is 8.32. The van der Waals surface area contributed by atoms with Crippen LogP contribution in [0.15, 0.2) is 41.2 Å². The number of rotatable bonds is 2. The number of aryl methyl sites for hydroxylation is 1. The molecule has 0 aliphatic heterocycles. The number of pyridine rings is 1. The van der Waals surface area contributed by atoms with Crippen molar-refractivity contribution in [2.75, 3.05) is 5.32 Å². The van der Waals surface area contributed by atoms with Gasteiger partial charge in [-0.3, -0.25) is 9.59 Å². The first kappa shape index (κ1) is 16.1. The van der Waals surface area contributed by atoms with E-state index >= 15 is 0 Å². The van der Waals surface area contributed by atoms with Crippen molar-refractivity contribution in [3.05, 3.63) is 63.4 Å². The van der Waals surface area contributed by atoms with Crippen LogP contribution in [0.1, 0.15) is 34.3 Å². The maximum atomic E-state index is 12.6. The lowest BCUT2D eigenvalue weighted by atomic mass is 9.90. The maximum Gasteiger partial charge on any atom is 0.255 e. The molecule has 2 aromatic heterocycles. The van der Waals surface area contributed by atoms with Gasteiger partial charge in [0.2, 0.25) is 0 Å². The Morgan fingerprint density at radius 1 is 1.00 bits per heavy atom. The number of hydrogen-bond acceptors (Lipinski definition) is 5. The molecule has 27 heavy (non-hydrogen) atoms. The highest BCUT2D eigenvalue weighted by Gasteiger charge is 2.17. The van der Waals surface area contributed by atoms with E-state index < -0.39 is 0 Å². The molecular formula is C20H16N4O2S. The fraction of sp³-hybridized carbons (Fsp3) is 0.200. The van der Waals surface area contributed by atoms with E-state index in [1.807, 2.05) is 18.2 Å². The number of anilines is 1. The summed E-state index contributed by atoms with van der Waals surface area (Å²) in [5, 5.41) is 3.97. The first-order valence-corrected chi connectivity index (χ1v) is 9.63. The van der Waals surface area contributed by atoms with E-state index in [1.165, 1.54) is 0 Å². The van der Waals surface area contributed by atoms with Gasteiger partial charge in [0, 0.05) is 22.2 Å². The van der Waals surface area contributed by atoms with Crippen molar-refractivity contribution in [2.45, 2.75) is 25.7 Å². The predicted molar refractivity (Wildman–Crippen MR) is 107 cm³/mol. The smallest absolute Gasteiger partial charge is 0.255 e. The summed E-state index contributed by atoms with van der Waals surface area (Å²) in [6.45, 7) is 0. The Morgan fingerprint density at radius 2 is 1.81 bits per heavy atom. The number of nitrogens with one attached hydrogen (secondary N) is 2. The third-order valence-corrected chi connectivity index (χ3v) is 5.67. The summed E-state index contributed by atoms with van der Waals surface area (Å²) in [5.41, 5.74) is 5.48. The highest BCUT2D eigenvalue weighted by molar-refractivity contribution is 7.00. The lowest BCUT2D eigenvalue weighted by molar-refractivity contribution is 0.102. The van der Waals surface area contributed by atoms with Crippen molar-refractivity contribution in [3.63, 3.8) is 0 Å². The molecule has 2 aromatic carbocycles.